The van der Waals surface area contributed by atoms with Crippen LogP contribution in [-0.2, 0) is 9.59 Å². The summed E-state index contributed by atoms with van der Waals surface area (Å²) in [7, 11) is 0. The van der Waals surface area contributed by atoms with Gasteiger partial charge in [-0.1, -0.05) is 13.8 Å². The molecule has 1 aromatic heterocycles. The Balaban J connectivity index is 1.68. The fraction of sp³-hybridized carbons (Fsp3) is 0.333. The number of aromatic amines is 1. The Labute approximate surface area is 146 Å². The second-order valence-corrected chi connectivity index (χ2v) is 6.39. The Bertz CT molecular complexity index is 778. The minimum absolute atomic E-state index is 0.0342. The highest BCUT2D eigenvalue weighted by Crippen LogP contribution is 2.18. The number of anilines is 1. The summed E-state index contributed by atoms with van der Waals surface area (Å²) in [5, 5.41) is 8.47. The van der Waals surface area contributed by atoms with Crippen LogP contribution >= 0.6 is 0 Å². The van der Waals surface area contributed by atoms with Crippen LogP contribution in [-0.4, -0.2) is 39.0 Å². The number of nitrogens with zero attached hydrogens (tertiary/aromatic N) is 3. The normalized spacial score (nSPS) is 14.6. The number of carbonyl (C=O) groups excluding carboxylic acids is 2. The van der Waals surface area contributed by atoms with E-state index >= 15 is 0 Å². The Morgan fingerprint density at radius 3 is 2.68 bits per heavy atom. The first-order valence-electron chi connectivity index (χ1n) is 8.32. The Hall–Kier alpha value is -2.96. The molecule has 1 aliphatic rings. The third-order valence-electron chi connectivity index (χ3n) is 3.82. The van der Waals surface area contributed by atoms with Gasteiger partial charge >= 0.3 is 0 Å². The van der Waals surface area contributed by atoms with E-state index < -0.39 is 0 Å². The van der Waals surface area contributed by atoms with Gasteiger partial charge in [-0.25, -0.2) is 9.99 Å². The van der Waals surface area contributed by atoms with Gasteiger partial charge in [0, 0.05) is 43.0 Å². The van der Waals surface area contributed by atoms with E-state index in [1.165, 1.54) is 5.01 Å². The van der Waals surface area contributed by atoms with Crippen molar-refractivity contribution in [1.82, 2.24) is 15.0 Å². The molecule has 0 bridgehead atoms. The largest absolute Gasteiger partial charge is 0.345 e. The fourth-order valence-corrected chi connectivity index (χ4v) is 2.59. The van der Waals surface area contributed by atoms with Crippen LogP contribution in [0.5, 0.6) is 0 Å². The summed E-state index contributed by atoms with van der Waals surface area (Å²) >= 11 is 0. The number of hydrogen-bond donors (Lipinski definition) is 2. The minimum Gasteiger partial charge on any atom is -0.345 e. The van der Waals surface area contributed by atoms with Crippen molar-refractivity contribution in [1.29, 1.82) is 0 Å². The van der Waals surface area contributed by atoms with Crippen molar-refractivity contribution in [3.63, 3.8) is 0 Å². The highest BCUT2D eigenvalue weighted by atomic mass is 16.2. The van der Waals surface area contributed by atoms with Crippen molar-refractivity contribution < 1.29 is 9.59 Å². The maximum atomic E-state index is 12.4. The molecule has 7 heteroatoms. The first kappa shape index (κ1) is 16.9. The van der Waals surface area contributed by atoms with E-state index in [1.54, 1.807) is 12.4 Å². The van der Waals surface area contributed by atoms with Crippen LogP contribution in [0, 0.1) is 5.92 Å². The van der Waals surface area contributed by atoms with E-state index in [2.05, 4.69) is 20.4 Å². The van der Waals surface area contributed by atoms with Crippen molar-refractivity contribution in [2.75, 3.05) is 11.9 Å². The zero-order valence-corrected chi connectivity index (χ0v) is 14.3. The lowest BCUT2D eigenvalue weighted by molar-refractivity contribution is -0.132. The summed E-state index contributed by atoms with van der Waals surface area (Å²) in [4.78, 5) is 31.5. The molecule has 0 spiro atoms. The molecule has 2 heterocycles. The number of hydrogen-bond acceptors (Lipinski definition) is 4. The van der Waals surface area contributed by atoms with Crippen molar-refractivity contribution in [3.05, 3.63) is 36.7 Å². The molecule has 130 valence electrons. The lowest BCUT2D eigenvalue weighted by Gasteiger charge is -2.24. The first-order valence-corrected chi connectivity index (χ1v) is 8.32. The summed E-state index contributed by atoms with van der Waals surface area (Å²) in [6.45, 7) is 4.54. The Morgan fingerprint density at radius 1 is 1.28 bits per heavy atom. The van der Waals surface area contributed by atoms with Gasteiger partial charge in [0.2, 0.25) is 5.91 Å². The van der Waals surface area contributed by atoms with Crippen LogP contribution in [0.3, 0.4) is 0 Å². The number of nitrogens with one attached hydrogen (secondary N) is 2. The predicted octanol–water partition coefficient (Wildman–Crippen LogP) is 2.65. The molecule has 1 aromatic carbocycles. The standard InChI is InChI=1S/C18H21N5O2/c1-12(2)11-23-16(24)8-7-15(22-23)18(25)21-14-5-3-13(4-6-14)17-19-9-10-20-17/h3-6,9-10,12H,7-8,11H2,1-2H3,(H,19,20)(H,21,25). The second-order valence-electron chi connectivity index (χ2n) is 6.39. The van der Waals surface area contributed by atoms with Crippen LogP contribution in [0.4, 0.5) is 5.69 Å². The number of amides is 2. The van der Waals surface area contributed by atoms with E-state index in [-0.39, 0.29) is 11.8 Å². The molecule has 0 unspecified atom stereocenters. The van der Waals surface area contributed by atoms with Gasteiger partial charge in [-0.15, -0.1) is 0 Å². The van der Waals surface area contributed by atoms with Gasteiger partial charge < -0.3 is 10.3 Å². The topological polar surface area (TPSA) is 90.4 Å². The van der Waals surface area contributed by atoms with Crippen LogP contribution in [0.15, 0.2) is 41.8 Å². The zero-order valence-electron chi connectivity index (χ0n) is 14.3. The fourth-order valence-electron chi connectivity index (χ4n) is 2.59. The van der Waals surface area contributed by atoms with Crippen molar-refractivity contribution in [2.24, 2.45) is 11.0 Å². The molecule has 0 atom stereocenters. The van der Waals surface area contributed by atoms with Gasteiger partial charge in [0.25, 0.3) is 5.91 Å². The molecular formula is C18H21N5O2. The number of carbonyl (C=O) groups is 2. The van der Waals surface area contributed by atoms with Gasteiger partial charge in [0.05, 0.1) is 0 Å². The third kappa shape index (κ3) is 4.12. The van der Waals surface area contributed by atoms with Crippen LogP contribution in [0.1, 0.15) is 26.7 Å². The first-order chi connectivity index (χ1) is 12.0. The lowest BCUT2D eigenvalue weighted by atomic mass is 10.1. The van der Waals surface area contributed by atoms with Crippen molar-refractivity contribution in [3.8, 4) is 11.4 Å². The highest BCUT2D eigenvalue weighted by molar-refractivity contribution is 6.43. The molecule has 2 aromatic rings. The Morgan fingerprint density at radius 2 is 2.04 bits per heavy atom. The molecule has 0 radical (unpaired) electrons. The molecule has 3 rings (SSSR count). The van der Waals surface area contributed by atoms with Gasteiger partial charge in [-0.2, -0.15) is 5.10 Å². The zero-order chi connectivity index (χ0) is 17.8. The lowest BCUT2D eigenvalue weighted by Crippen LogP contribution is -2.38. The smallest absolute Gasteiger partial charge is 0.271 e. The summed E-state index contributed by atoms with van der Waals surface area (Å²) in [5.41, 5.74) is 2.00. The summed E-state index contributed by atoms with van der Waals surface area (Å²) < 4.78 is 0. The molecule has 7 nitrogen and oxygen atoms in total. The molecule has 0 fully saturated rings. The van der Waals surface area contributed by atoms with Crippen LogP contribution in [0.25, 0.3) is 11.4 Å². The number of aromatic nitrogens is 2. The van der Waals surface area contributed by atoms with Gasteiger partial charge in [-0.3, -0.25) is 9.59 Å². The molecule has 2 amide bonds. The van der Waals surface area contributed by atoms with Gasteiger partial charge in [0.1, 0.15) is 11.5 Å². The SMILES string of the molecule is CC(C)CN1N=C(C(=O)Nc2ccc(-c3ncc[nH]3)cc2)CCC1=O. The van der Waals surface area contributed by atoms with E-state index in [0.717, 1.165) is 11.4 Å². The van der Waals surface area contributed by atoms with Crippen molar-refractivity contribution in [2.45, 2.75) is 26.7 Å². The average molecular weight is 339 g/mol. The quantitative estimate of drug-likeness (QED) is 0.877. The van der Waals surface area contributed by atoms with E-state index in [4.69, 9.17) is 0 Å². The molecule has 2 N–H and O–H groups in total. The molecule has 0 saturated carbocycles. The summed E-state index contributed by atoms with van der Waals surface area (Å²) in [5.74, 6) is 0.765. The van der Waals surface area contributed by atoms with E-state index in [1.807, 2.05) is 38.1 Å². The van der Waals surface area contributed by atoms with E-state index in [9.17, 15) is 9.59 Å². The van der Waals surface area contributed by atoms with Gasteiger partial charge in [-0.05, 0) is 30.2 Å². The number of benzene rings is 1. The number of rotatable bonds is 5. The number of hydrazone groups is 1. The molecular weight excluding hydrogens is 318 g/mol. The van der Waals surface area contributed by atoms with Crippen molar-refractivity contribution >= 4 is 23.2 Å². The monoisotopic (exact) mass is 339 g/mol. The predicted molar refractivity (Wildman–Crippen MR) is 95.9 cm³/mol. The average Bonchev–Trinajstić information content (AvgIpc) is 3.11. The Kier molecular flexibility index (Phi) is 4.92. The van der Waals surface area contributed by atoms with Crippen LogP contribution in [0.2, 0.25) is 0 Å². The van der Waals surface area contributed by atoms with E-state index in [0.29, 0.717) is 36.7 Å². The maximum absolute atomic E-state index is 12.4. The van der Waals surface area contributed by atoms with Gasteiger partial charge in [0.15, 0.2) is 0 Å². The second kappa shape index (κ2) is 7.29. The number of H-pyrrole nitrogens is 1. The third-order valence-corrected chi connectivity index (χ3v) is 3.82. The minimum atomic E-state index is -0.271. The number of imidazole rings is 1. The molecule has 1 aliphatic heterocycles. The summed E-state index contributed by atoms with van der Waals surface area (Å²) in [6, 6.07) is 7.39. The maximum Gasteiger partial charge on any atom is 0.271 e. The molecule has 0 saturated heterocycles. The van der Waals surface area contributed by atoms with Crippen LogP contribution < -0.4 is 5.32 Å². The summed E-state index contributed by atoms with van der Waals surface area (Å²) in [6.07, 6.45) is 4.13. The molecule has 25 heavy (non-hydrogen) atoms. The molecule has 0 aliphatic carbocycles. The highest BCUT2D eigenvalue weighted by Gasteiger charge is 2.24.